The van der Waals surface area contributed by atoms with Gasteiger partial charge in [0.25, 0.3) is 5.91 Å². The van der Waals surface area contributed by atoms with Crippen LogP contribution in [0.5, 0.6) is 0 Å². The second kappa shape index (κ2) is 6.24. The molecule has 1 atom stereocenters. The molecule has 0 spiro atoms. The van der Waals surface area contributed by atoms with Crippen molar-refractivity contribution in [3.8, 4) is 11.5 Å². The monoisotopic (exact) mass is 313 g/mol. The highest BCUT2D eigenvalue weighted by Crippen LogP contribution is 2.21. The van der Waals surface area contributed by atoms with Crippen molar-refractivity contribution in [2.75, 3.05) is 13.1 Å². The predicted molar refractivity (Wildman–Crippen MR) is 84.8 cm³/mol. The summed E-state index contributed by atoms with van der Waals surface area (Å²) in [7, 11) is 0. The summed E-state index contributed by atoms with van der Waals surface area (Å²) in [5.41, 5.74) is 1.39. The molecule has 1 N–H and O–H groups in total. The average Bonchev–Trinajstić information content (AvgIpc) is 3.15. The van der Waals surface area contributed by atoms with E-state index in [-0.39, 0.29) is 23.6 Å². The van der Waals surface area contributed by atoms with E-state index >= 15 is 0 Å². The van der Waals surface area contributed by atoms with Crippen molar-refractivity contribution in [2.45, 2.75) is 26.3 Å². The van der Waals surface area contributed by atoms with Crippen molar-refractivity contribution in [3.05, 3.63) is 41.8 Å². The Labute approximate surface area is 134 Å². The Bertz CT molecular complexity index is 724. The maximum absolute atomic E-state index is 12.4. The molecule has 0 aliphatic carbocycles. The van der Waals surface area contributed by atoms with Crippen LogP contribution in [0, 0.1) is 6.92 Å². The Morgan fingerprint density at radius 3 is 2.70 bits per heavy atom. The zero-order valence-corrected chi connectivity index (χ0v) is 13.2. The minimum Gasteiger partial charge on any atom is -0.431 e. The second-order valence-electron chi connectivity index (χ2n) is 5.72. The molecule has 23 heavy (non-hydrogen) atoms. The van der Waals surface area contributed by atoms with Gasteiger partial charge in [-0.2, -0.15) is 0 Å². The molecule has 0 radical (unpaired) electrons. The summed E-state index contributed by atoms with van der Waals surface area (Å²) in [6.07, 6.45) is 0.754. The number of nitrogens with one attached hydrogen (secondary N) is 1. The largest absolute Gasteiger partial charge is 0.431 e. The van der Waals surface area contributed by atoms with Crippen LogP contribution in [0.4, 0.5) is 0 Å². The Hall–Kier alpha value is -2.63. The zero-order valence-electron chi connectivity index (χ0n) is 13.2. The lowest BCUT2D eigenvalue weighted by Crippen LogP contribution is -2.38. The number of carbonyl (C=O) groups is 2. The molecule has 0 unspecified atom stereocenters. The van der Waals surface area contributed by atoms with Crippen molar-refractivity contribution >= 4 is 11.8 Å². The van der Waals surface area contributed by atoms with Crippen molar-refractivity contribution in [3.63, 3.8) is 0 Å². The summed E-state index contributed by atoms with van der Waals surface area (Å²) < 4.78 is 5.64. The van der Waals surface area contributed by atoms with Crippen molar-refractivity contribution < 1.29 is 14.0 Å². The molecule has 2 amide bonds. The first kappa shape index (κ1) is 15.3. The summed E-state index contributed by atoms with van der Waals surface area (Å²) >= 11 is 0. The summed E-state index contributed by atoms with van der Waals surface area (Å²) in [6, 6.07) is 9.42. The number of hydrogen-bond donors (Lipinski definition) is 1. The molecule has 0 saturated carbocycles. The minimum atomic E-state index is -0.285. The van der Waals surface area contributed by atoms with E-state index in [2.05, 4.69) is 10.3 Å². The maximum atomic E-state index is 12.4. The van der Waals surface area contributed by atoms with E-state index < -0.39 is 0 Å². The number of hydrogen-bond acceptors (Lipinski definition) is 4. The molecule has 6 nitrogen and oxygen atoms in total. The van der Waals surface area contributed by atoms with E-state index in [1.165, 1.54) is 6.92 Å². The van der Waals surface area contributed by atoms with Gasteiger partial charge in [0.1, 0.15) is 0 Å². The lowest BCUT2D eigenvalue weighted by molar-refractivity contribution is -0.127. The van der Waals surface area contributed by atoms with E-state index in [0.29, 0.717) is 24.7 Å². The zero-order chi connectivity index (χ0) is 16.4. The van der Waals surface area contributed by atoms with Gasteiger partial charge in [-0.3, -0.25) is 9.59 Å². The quantitative estimate of drug-likeness (QED) is 0.940. The Kier molecular flexibility index (Phi) is 4.14. The van der Waals surface area contributed by atoms with Gasteiger partial charge in [0.2, 0.25) is 17.6 Å². The third-order valence-corrected chi connectivity index (χ3v) is 3.99. The number of carbonyl (C=O) groups excluding carboxylic acids is 2. The first-order valence-corrected chi connectivity index (χ1v) is 7.64. The molecule has 120 valence electrons. The summed E-state index contributed by atoms with van der Waals surface area (Å²) in [6.45, 7) is 4.50. The predicted octanol–water partition coefficient (Wildman–Crippen LogP) is 2.00. The van der Waals surface area contributed by atoms with Gasteiger partial charge in [0, 0.05) is 31.6 Å². The molecule has 1 fully saturated rings. The lowest BCUT2D eigenvalue weighted by atomic mass is 10.2. The van der Waals surface area contributed by atoms with Crippen LogP contribution in [0.25, 0.3) is 11.5 Å². The van der Waals surface area contributed by atoms with E-state index in [9.17, 15) is 9.59 Å². The molecule has 1 aliphatic rings. The van der Waals surface area contributed by atoms with Crippen LogP contribution in [0.3, 0.4) is 0 Å². The molecular weight excluding hydrogens is 294 g/mol. The van der Waals surface area contributed by atoms with Crippen LogP contribution >= 0.6 is 0 Å². The standard InChI is InChI=1S/C17H19N3O3/c1-11-15(23-17(18-11)13-6-4-3-5-7-13)16(22)19-14-8-9-20(10-14)12(2)21/h3-7,14H,8-10H2,1-2H3,(H,19,22)/t14-/m1/s1. The third-order valence-electron chi connectivity index (χ3n) is 3.99. The van der Waals surface area contributed by atoms with Crippen molar-refractivity contribution in [1.29, 1.82) is 0 Å². The smallest absolute Gasteiger partial charge is 0.289 e. The average molecular weight is 313 g/mol. The first-order chi connectivity index (χ1) is 11.0. The van der Waals surface area contributed by atoms with Gasteiger partial charge in [-0.25, -0.2) is 4.98 Å². The van der Waals surface area contributed by atoms with E-state index in [4.69, 9.17) is 4.42 Å². The Morgan fingerprint density at radius 2 is 2.04 bits per heavy atom. The molecule has 2 aromatic rings. The fourth-order valence-electron chi connectivity index (χ4n) is 2.73. The molecular formula is C17H19N3O3. The normalized spacial score (nSPS) is 17.3. The lowest BCUT2D eigenvalue weighted by Gasteiger charge is -2.14. The minimum absolute atomic E-state index is 0.0314. The summed E-state index contributed by atoms with van der Waals surface area (Å²) in [5, 5.41) is 2.92. The van der Waals surface area contributed by atoms with Gasteiger partial charge < -0.3 is 14.6 Å². The Balaban J connectivity index is 1.71. The van der Waals surface area contributed by atoms with E-state index in [1.54, 1.807) is 11.8 Å². The molecule has 6 heteroatoms. The fraction of sp³-hybridized carbons (Fsp3) is 0.353. The van der Waals surface area contributed by atoms with Crippen LogP contribution in [0.15, 0.2) is 34.7 Å². The topological polar surface area (TPSA) is 75.4 Å². The van der Waals surface area contributed by atoms with Crippen molar-refractivity contribution in [2.24, 2.45) is 0 Å². The van der Waals surface area contributed by atoms with Crippen LogP contribution in [-0.4, -0.2) is 40.8 Å². The molecule has 1 aromatic carbocycles. The van der Waals surface area contributed by atoms with Crippen molar-refractivity contribution in [1.82, 2.24) is 15.2 Å². The second-order valence-corrected chi connectivity index (χ2v) is 5.72. The molecule has 1 aromatic heterocycles. The van der Waals surface area contributed by atoms with Crippen LogP contribution in [0.1, 0.15) is 29.6 Å². The molecule has 2 heterocycles. The fourth-order valence-corrected chi connectivity index (χ4v) is 2.73. The van der Waals surface area contributed by atoms with E-state index in [0.717, 1.165) is 12.0 Å². The van der Waals surface area contributed by atoms with Crippen LogP contribution in [-0.2, 0) is 4.79 Å². The van der Waals surface area contributed by atoms with Gasteiger partial charge in [-0.15, -0.1) is 0 Å². The molecule has 1 aliphatic heterocycles. The number of likely N-dealkylation sites (tertiary alicyclic amines) is 1. The third kappa shape index (κ3) is 3.26. The Morgan fingerprint density at radius 1 is 1.30 bits per heavy atom. The van der Waals surface area contributed by atoms with Gasteiger partial charge >= 0.3 is 0 Å². The highest BCUT2D eigenvalue weighted by molar-refractivity contribution is 5.93. The molecule has 1 saturated heterocycles. The van der Waals surface area contributed by atoms with Gasteiger partial charge in [-0.1, -0.05) is 18.2 Å². The maximum Gasteiger partial charge on any atom is 0.289 e. The van der Waals surface area contributed by atoms with Gasteiger partial charge in [-0.05, 0) is 25.5 Å². The number of amides is 2. The van der Waals surface area contributed by atoms with Crippen LogP contribution < -0.4 is 5.32 Å². The number of benzene rings is 1. The SMILES string of the molecule is CC(=O)N1CC[C@@H](NC(=O)c2oc(-c3ccccc3)nc2C)C1. The van der Waals surface area contributed by atoms with Crippen LogP contribution in [0.2, 0.25) is 0 Å². The van der Waals surface area contributed by atoms with Gasteiger partial charge in [0.05, 0.1) is 5.69 Å². The van der Waals surface area contributed by atoms with Gasteiger partial charge in [0.15, 0.2) is 0 Å². The number of rotatable bonds is 3. The highest BCUT2D eigenvalue weighted by atomic mass is 16.4. The number of nitrogens with zero attached hydrogens (tertiary/aromatic N) is 2. The number of aryl methyl sites for hydroxylation is 1. The molecule has 0 bridgehead atoms. The van der Waals surface area contributed by atoms with E-state index in [1.807, 2.05) is 30.3 Å². The highest BCUT2D eigenvalue weighted by Gasteiger charge is 2.27. The molecule has 3 rings (SSSR count). The number of oxazole rings is 1. The summed E-state index contributed by atoms with van der Waals surface area (Å²) in [5.74, 6) is 0.409. The first-order valence-electron chi connectivity index (χ1n) is 7.64. The number of aromatic nitrogens is 1. The summed E-state index contributed by atoms with van der Waals surface area (Å²) in [4.78, 5) is 29.8.